The van der Waals surface area contributed by atoms with Crippen LogP contribution in [0.2, 0.25) is 0 Å². The van der Waals surface area contributed by atoms with Crippen LogP contribution < -0.4 is 5.32 Å². The van der Waals surface area contributed by atoms with Gasteiger partial charge in [0, 0.05) is 17.8 Å². The SMILES string of the molecule is CCCNC(=O)CCCc1ccc(Br)s1. The monoisotopic (exact) mass is 289 g/mol. The van der Waals surface area contributed by atoms with E-state index in [9.17, 15) is 4.79 Å². The molecule has 0 aromatic carbocycles. The Kier molecular flexibility index (Phi) is 5.95. The van der Waals surface area contributed by atoms with Gasteiger partial charge in [0.2, 0.25) is 5.91 Å². The molecular formula is C11H16BrNOS. The first-order chi connectivity index (χ1) is 7.22. The lowest BCUT2D eigenvalue weighted by atomic mass is 10.2. The highest BCUT2D eigenvalue weighted by atomic mass is 79.9. The van der Waals surface area contributed by atoms with E-state index in [1.165, 1.54) is 4.88 Å². The van der Waals surface area contributed by atoms with Gasteiger partial charge in [0.1, 0.15) is 0 Å². The smallest absolute Gasteiger partial charge is 0.220 e. The molecule has 1 amide bonds. The van der Waals surface area contributed by atoms with E-state index in [4.69, 9.17) is 0 Å². The lowest BCUT2D eigenvalue weighted by molar-refractivity contribution is -0.121. The summed E-state index contributed by atoms with van der Waals surface area (Å²) in [6, 6.07) is 4.16. The van der Waals surface area contributed by atoms with Crippen molar-refractivity contribution in [3.8, 4) is 0 Å². The molecule has 2 nitrogen and oxygen atoms in total. The average Bonchev–Trinajstić information content (AvgIpc) is 2.61. The number of carbonyl (C=O) groups excluding carboxylic acids is 1. The summed E-state index contributed by atoms with van der Waals surface area (Å²) in [4.78, 5) is 12.6. The first-order valence-electron chi connectivity index (χ1n) is 5.23. The van der Waals surface area contributed by atoms with E-state index in [1.807, 2.05) is 0 Å². The van der Waals surface area contributed by atoms with Crippen LogP contribution in [0.4, 0.5) is 0 Å². The number of amides is 1. The fourth-order valence-electron chi connectivity index (χ4n) is 1.26. The van der Waals surface area contributed by atoms with Gasteiger partial charge < -0.3 is 5.32 Å². The maximum atomic E-state index is 11.3. The summed E-state index contributed by atoms with van der Waals surface area (Å²) >= 11 is 5.17. The average molecular weight is 290 g/mol. The summed E-state index contributed by atoms with van der Waals surface area (Å²) in [6.07, 6.45) is 3.57. The van der Waals surface area contributed by atoms with Crippen LogP contribution in [-0.4, -0.2) is 12.5 Å². The van der Waals surface area contributed by atoms with Gasteiger partial charge in [0.05, 0.1) is 3.79 Å². The molecule has 0 fully saturated rings. The zero-order chi connectivity index (χ0) is 11.1. The molecule has 0 aliphatic heterocycles. The summed E-state index contributed by atoms with van der Waals surface area (Å²) in [5.74, 6) is 0.174. The molecule has 0 bridgehead atoms. The molecular weight excluding hydrogens is 274 g/mol. The van der Waals surface area contributed by atoms with Gasteiger partial charge in [-0.3, -0.25) is 4.79 Å². The van der Waals surface area contributed by atoms with E-state index < -0.39 is 0 Å². The molecule has 0 saturated heterocycles. The first kappa shape index (κ1) is 12.7. The van der Waals surface area contributed by atoms with E-state index in [0.717, 1.165) is 29.6 Å². The number of halogens is 1. The van der Waals surface area contributed by atoms with E-state index >= 15 is 0 Å². The first-order valence-corrected chi connectivity index (χ1v) is 6.84. The maximum Gasteiger partial charge on any atom is 0.220 e. The highest BCUT2D eigenvalue weighted by Crippen LogP contribution is 2.23. The van der Waals surface area contributed by atoms with Crippen LogP contribution in [0, 0.1) is 0 Å². The van der Waals surface area contributed by atoms with Crippen molar-refractivity contribution in [1.29, 1.82) is 0 Å². The molecule has 0 unspecified atom stereocenters. The number of hydrogen-bond acceptors (Lipinski definition) is 2. The zero-order valence-electron chi connectivity index (χ0n) is 8.88. The van der Waals surface area contributed by atoms with Crippen LogP contribution in [0.1, 0.15) is 31.1 Å². The van der Waals surface area contributed by atoms with Gasteiger partial charge in [-0.2, -0.15) is 0 Å². The van der Waals surface area contributed by atoms with Crippen molar-refractivity contribution in [3.05, 3.63) is 20.8 Å². The molecule has 1 rings (SSSR count). The molecule has 0 radical (unpaired) electrons. The molecule has 1 aromatic rings. The molecule has 0 saturated carbocycles. The largest absolute Gasteiger partial charge is 0.356 e. The minimum atomic E-state index is 0.174. The van der Waals surface area contributed by atoms with E-state index in [-0.39, 0.29) is 5.91 Å². The van der Waals surface area contributed by atoms with Crippen LogP contribution in [0.15, 0.2) is 15.9 Å². The van der Waals surface area contributed by atoms with Gasteiger partial charge in [0.15, 0.2) is 0 Å². The Balaban J connectivity index is 2.13. The highest BCUT2D eigenvalue weighted by Gasteiger charge is 2.02. The van der Waals surface area contributed by atoms with E-state index in [1.54, 1.807) is 11.3 Å². The number of hydrogen-bond donors (Lipinski definition) is 1. The third-order valence-electron chi connectivity index (χ3n) is 2.03. The Morgan fingerprint density at radius 2 is 2.33 bits per heavy atom. The van der Waals surface area contributed by atoms with Crippen molar-refractivity contribution in [2.45, 2.75) is 32.6 Å². The summed E-state index contributed by atoms with van der Waals surface area (Å²) in [5.41, 5.74) is 0. The molecule has 0 aliphatic carbocycles. The summed E-state index contributed by atoms with van der Waals surface area (Å²) in [7, 11) is 0. The third-order valence-corrected chi connectivity index (χ3v) is 3.71. The number of thiophene rings is 1. The topological polar surface area (TPSA) is 29.1 Å². The fourth-order valence-corrected chi connectivity index (χ4v) is 2.79. The minimum absolute atomic E-state index is 0.174. The lowest BCUT2D eigenvalue weighted by Crippen LogP contribution is -2.23. The molecule has 84 valence electrons. The molecule has 1 aromatic heterocycles. The van der Waals surface area contributed by atoms with Gasteiger partial charge >= 0.3 is 0 Å². The van der Waals surface area contributed by atoms with Gasteiger partial charge in [-0.15, -0.1) is 11.3 Å². The normalized spacial score (nSPS) is 10.3. The van der Waals surface area contributed by atoms with Crippen LogP contribution in [-0.2, 0) is 11.2 Å². The van der Waals surface area contributed by atoms with Crippen LogP contribution >= 0.6 is 27.3 Å². The number of nitrogens with one attached hydrogen (secondary N) is 1. The van der Waals surface area contributed by atoms with Gasteiger partial charge in [0.25, 0.3) is 0 Å². The van der Waals surface area contributed by atoms with Crippen LogP contribution in [0.3, 0.4) is 0 Å². The molecule has 4 heteroatoms. The van der Waals surface area contributed by atoms with Crippen molar-refractivity contribution in [2.75, 3.05) is 6.54 Å². The predicted molar refractivity (Wildman–Crippen MR) is 68.3 cm³/mol. The second-order valence-electron chi connectivity index (χ2n) is 3.41. The standard InChI is InChI=1S/C11H16BrNOS/c1-2-8-13-11(14)5-3-4-9-6-7-10(12)15-9/h6-7H,2-5,8H2,1H3,(H,13,14). The Bertz CT molecular complexity index is 311. The van der Waals surface area contributed by atoms with Crippen molar-refractivity contribution < 1.29 is 4.79 Å². The highest BCUT2D eigenvalue weighted by molar-refractivity contribution is 9.11. The van der Waals surface area contributed by atoms with Crippen LogP contribution in [0.25, 0.3) is 0 Å². The summed E-state index contributed by atoms with van der Waals surface area (Å²) in [5, 5.41) is 2.88. The van der Waals surface area contributed by atoms with E-state index in [0.29, 0.717) is 6.42 Å². The molecule has 0 aliphatic rings. The Morgan fingerprint density at radius 3 is 2.93 bits per heavy atom. The summed E-state index contributed by atoms with van der Waals surface area (Å²) in [6.45, 7) is 2.85. The predicted octanol–water partition coefficient (Wildman–Crippen LogP) is 3.36. The Hall–Kier alpha value is -0.350. The van der Waals surface area contributed by atoms with Gasteiger partial charge in [-0.05, 0) is 47.3 Å². The number of carbonyl (C=O) groups is 1. The Morgan fingerprint density at radius 1 is 1.53 bits per heavy atom. The van der Waals surface area contributed by atoms with Crippen molar-refractivity contribution in [3.63, 3.8) is 0 Å². The van der Waals surface area contributed by atoms with Crippen molar-refractivity contribution in [1.82, 2.24) is 5.32 Å². The van der Waals surface area contributed by atoms with E-state index in [2.05, 4.69) is 40.3 Å². The molecule has 1 heterocycles. The second kappa shape index (κ2) is 7.01. The van der Waals surface area contributed by atoms with Crippen molar-refractivity contribution in [2.24, 2.45) is 0 Å². The summed E-state index contributed by atoms with van der Waals surface area (Å²) < 4.78 is 1.16. The van der Waals surface area contributed by atoms with Gasteiger partial charge in [-0.1, -0.05) is 6.92 Å². The fraction of sp³-hybridized carbons (Fsp3) is 0.545. The molecule has 0 atom stereocenters. The quantitative estimate of drug-likeness (QED) is 0.855. The molecule has 1 N–H and O–H groups in total. The number of aryl methyl sites for hydroxylation is 1. The van der Waals surface area contributed by atoms with Crippen molar-refractivity contribution >= 4 is 33.2 Å². The third kappa shape index (κ3) is 5.33. The lowest BCUT2D eigenvalue weighted by Gasteiger charge is -2.02. The maximum absolute atomic E-state index is 11.3. The van der Waals surface area contributed by atoms with Gasteiger partial charge in [-0.25, -0.2) is 0 Å². The Labute approximate surface area is 103 Å². The zero-order valence-corrected chi connectivity index (χ0v) is 11.3. The van der Waals surface area contributed by atoms with Crippen LogP contribution in [0.5, 0.6) is 0 Å². The minimum Gasteiger partial charge on any atom is -0.356 e. The molecule has 15 heavy (non-hydrogen) atoms. The number of rotatable bonds is 6. The second-order valence-corrected chi connectivity index (χ2v) is 5.96. The molecule has 0 spiro atoms.